The Morgan fingerprint density at radius 1 is 0.931 bits per heavy atom. The highest BCUT2D eigenvalue weighted by Gasteiger charge is 2.21. The van der Waals surface area contributed by atoms with Crippen LogP contribution in [0.15, 0.2) is 29.4 Å². The summed E-state index contributed by atoms with van der Waals surface area (Å²) in [5.74, 6) is 0.397. The normalized spacial score (nSPS) is 18.2. The molecule has 6 nitrogen and oxygen atoms in total. The van der Waals surface area contributed by atoms with Crippen molar-refractivity contribution in [3.05, 3.63) is 24.3 Å². The number of hydrogen-bond donors (Lipinski definition) is 2. The number of carbonyl (C=O) groups is 2. The topological polar surface area (TPSA) is 76.0 Å². The molecule has 1 aromatic heterocycles. The molecule has 7 heteroatoms. The van der Waals surface area contributed by atoms with Gasteiger partial charge in [-0.3, -0.25) is 9.59 Å². The zero-order valence-corrected chi connectivity index (χ0v) is 17.7. The summed E-state index contributed by atoms with van der Waals surface area (Å²) in [4.78, 5) is 29.7. The fourth-order valence-corrected chi connectivity index (χ4v) is 5.27. The number of aromatic nitrogens is 2. The Hall–Kier alpha value is -2.02. The van der Waals surface area contributed by atoms with Gasteiger partial charge in [-0.1, -0.05) is 56.0 Å². The van der Waals surface area contributed by atoms with Crippen molar-refractivity contribution in [1.82, 2.24) is 20.2 Å². The van der Waals surface area contributed by atoms with E-state index < -0.39 is 0 Å². The molecule has 4 rings (SSSR count). The second kappa shape index (κ2) is 9.65. The zero-order valence-electron chi connectivity index (χ0n) is 16.9. The van der Waals surface area contributed by atoms with Crippen LogP contribution in [0.5, 0.6) is 0 Å². The number of benzene rings is 1. The van der Waals surface area contributed by atoms with Crippen LogP contribution in [0.2, 0.25) is 0 Å². The van der Waals surface area contributed by atoms with E-state index in [1.54, 1.807) is 0 Å². The number of amides is 2. The lowest BCUT2D eigenvalue weighted by Gasteiger charge is -2.22. The zero-order chi connectivity index (χ0) is 20.1. The number of nitrogens with zero attached hydrogens (tertiary/aromatic N) is 2. The minimum Gasteiger partial charge on any atom is -0.353 e. The molecule has 2 saturated carbocycles. The second-order valence-electron chi connectivity index (χ2n) is 8.21. The third kappa shape index (κ3) is 5.32. The Morgan fingerprint density at radius 3 is 2.28 bits per heavy atom. The molecule has 2 aliphatic rings. The van der Waals surface area contributed by atoms with E-state index in [1.165, 1.54) is 43.9 Å². The van der Waals surface area contributed by atoms with Crippen LogP contribution >= 0.6 is 11.8 Å². The molecule has 0 aliphatic heterocycles. The first-order chi connectivity index (χ1) is 14.2. The van der Waals surface area contributed by atoms with Crippen LogP contribution in [0.3, 0.4) is 0 Å². The molecule has 1 aromatic carbocycles. The molecule has 0 bridgehead atoms. The number of fused-ring (bicyclic) bond motifs is 1. The molecule has 1 heterocycles. The van der Waals surface area contributed by atoms with Crippen LogP contribution < -0.4 is 10.6 Å². The van der Waals surface area contributed by atoms with Crippen LogP contribution in [0.25, 0.3) is 11.0 Å². The highest BCUT2D eigenvalue weighted by molar-refractivity contribution is 7.99. The van der Waals surface area contributed by atoms with Gasteiger partial charge in [0.15, 0.2) is 5.16 Å². The molecule has 2 aromatic rings. The van der Waals surface area contributed by atoms with Gasteiger partial charge >= 0.3 is 0 Å². The molecule has 0 radical (unpaired) electrons. The van der Waals surface area contributed by atoms with E-state index in [-0.39, 0.29) is 18.4 Å². The number of thioether (sulfide) groups is 1. The Labute approximate surface area is 176 Å². The number of imidazole rings is 1. The molecule has 156 valence electrons. The van der Waals surface area contributed by atoms with Gasteiger partial charge in [0.05, 0.1) is 16.8 Å². The highest BCUT2D eigenvalue weighted by Crippen LogP contribution is 2.25. The van der Waals surface area contributed by atoms with Crippen molar-refractivity contribution in [2.24, 2.45) is 0 Å². The first-order valence-corrected chi connectivity index (χ1v) is 11.8. The summed E-state index contributed by atoms with van der Waals surface area (Å²) in [6, 6.07) is 8.45. The van der Waals surface area contributed by atoms with Crippen LogP contribution in [0.4, 0.5) is 0 Å². The van der Waals surface area contributed by atoms with Crippen LogP contribution in [0.1, 0.15) is 57.8 Å². The van der Waals surface area contributed by atoms with Crippen molar-refractivity contribution in [1.29, 1.82) is 0 Å². The van der Waals surface area contributed by atoms with Crippen molar-refractivity contribution in [3.63, 3.8) is 0 Å². The van der Waals surface area contributed by atoms with Crippen LogP contribution in [-0.4, -0.2) is 39.2 Å². The minimum atomic E-state index is 0.0218. The molecular weight excluding hydrogens is 384 g/mol. The molecule has 0 spiro atoms. The molecule has 0 saturated heterocycles. The summed E-state index contributed by atoms with van der Waals surface area (Å²) in [5.41, 5.74) is 1.79. The van der Waals surface area contributed by atoms with Gasteiger partial charge in [0, 0.05) is 12.1 Å². The van der Waals surface area contributed by atoms with Crippen molar-refractivity contribution < 1.29 is 9.59 Å². The molecule has 2 fully saturated rings. The number of hydrogen-bond acceptors (Lipinski definition) is 4. The van der Waals surface area contributed by atoms with E-state index in [0.717, 1.165) is 41.9 Å². The summed E-state index contributed by atoms with van der Waals surface area (Å²) in [6.45, 7) is 0.240. The highest BCUT2D eigenvalue weighted by atomic mass is 32.2. The Morgan fingerprint density at radius 2 is 1.55 bits per heavy atom. The summed E-state index contributed by atoms with van der Waals surface area (Å²) < 4.78 is 1.94. The van der Waals surface area contributed by atoms with Gasteiger partial charge in [-0.15, -0.1) is 0 Å². The summed E-state index contributed by atoms with van der Waals surface area (Å²) >= 11 is 1.41. The number of carbonyl (C=O) groups excluding carboxylic acids is 2. The van der Waals surface area contributed by atoms with Crippen LogP contribution in [-0.2, 0) is 16.1 Å². The monoisotopic (exact) mass is 414 g/mol. The lowest BCUT2D eigenvalue weighted by Crippen LogP contribution is -2.37. The predicted octanol–water partition coefficient (Wildman–Crippen LogP) is 3.64. The van der Waals surface area contributed by atoms with Gasteiger partial charge < -0.3 is 15.2 Å². The molecule has 2 amide bonds. The third-order valence-corrected chi connectivity index (χ3v) is 6.92. The van der Waals surface area contributed by atoms with Gasteiger partial charge in [-0.05, 0) is 37.8 Å². The number of para-hydroxylation sites is 2. The average molecular weight is 415 g/mol. The minimum absolute atomic E-state index is 0.0218. The van der Waals surface area contributed by atoms with E-state index in [2.05, 4.69) is 15.6 Å². The van der Waals surface area contributed by atoms with E-state index >= 15 is 0 Å². The quantitative estimate of drug-likeness (QED) is 0.678. The second-order valence-corrected chi connectivity index (χ2v) is 9.15. The molecule has 2 N–H and O–H groups in total. The van der Waals surface area contributed by atoms with Gasteiger partial charge in [0.1, 0.15) is 6.54 Å². The Kier molecular flexibility index (Phi) is 6.74. The fraction of sp³-hybridized carbons (Fsp3) is 0.591. The maximum Gasteiger partial charge on any atom is 0.240 e. The van der Waals surface area contributed by atoms with Gasteiger partial charge in [0.25, 0.3) is 0 Å². The lowest BCUT2D eigenvalue weighted by molar-refractivity contribution is -0.122. The van der Waals surface area contributed by atoms with E-state index in [9.17, 15) is 9.59 Å². The average Bonchev–Trinajstić information content (AvgIpc) is 3.35. The van der Waals surface area contributed by atoms with Gasteiger partial charge in [-0.2, -0.15) is 0 Å². The van der Waals surface area contributed by atoms with Gasteiger partial charge in [-0.25, -0.2) is 4.98 Å². The van der Waals surface area contributed by atoms with E-state index in [1.807, 2.05) is 28.8 Å². The Balaban J connectivity index is 1.41. The van der Waals surface area contributed by atoms with E-state index in [0.29, 0.717) is 17.8 Å². The van der Waals surface area contributed by atoms with Gasteiger partial charge in [0.2, 0.25) is 11.8 Å². The molecule has 2 aliphatic carbocycles. The first-order valence-electron chi connectivity index (χ1n) is 10.9. The molecule has 0 unspecified atom stereocenters. The first kappa shape index (κ1) is 20.3. The molecular formula is C22H30N4O2S. The Bertz CT molecular complexity index is 854. The maximum absolute atomic E-state index is 12.6. The maximum atomic E-state index is 12.6. The standard InChI is InChI=1S/C22H30N4O2S/c27-20(23-16-10-4-5-11-16)14-26-19-13-7-6-12-18(19)25-22(26)29-15-21(28)24-17-8-2-1-3-9-17/h6-7,12-13,16-17H,1-5,8-11,14-15H2,(H,23,27)(H,24,28). The number of rotatable bonds is 7. The van der Waals surface area contributed by atoms with E-state index in [4.69, 9.17) is 0 Å². The molecule has 0 atom stereocenters. The van der Waals surface area contributed by atoms with Crippen molar-refractivity contribution >= 4 is 34.6 Å². The van der Waals surface area contributed by atoms with Crippen molar-refractivity contribution in [2.45, 2.75) is 81.6 Å². The summed E-state index contributed by atoms with van der Waals surface area (Å²) in [7, 11) is 0. The smallest absolute Gasteiger partial charge is 0.240 e. The van der Waals surface area contributed by atoms with Crippen molar-refractivity contribution in [2.75, 3.05) is 5.75 Å². The largest absolute Gasteiger partial charge is 0.353 e. The predicted molar refractivity (Wildman–Crippen MR) is 116 cm³/mol. The lowest BCUT2D eigenvalue weighted by atomic mass is 9.95. The van der Waals surface area contributed by atoms with Crippen molar-refractivity contribution in [3.8, 4) is 0 Å². The SMILES string of the molecule is O=C(CSc1nc2ccccc2n1CC(=O)NC1CCCC1)NC1CCCCC1. The third-order valence-electron chi connectivity index (χ3n) is 5.94. The van der Waals surface area contributed by atoms with Crippen LogP contribution in [0, 0.1) is 0 Å². The summed E-state index contributed by atoms with van der Waals surface area (Å²) in [5, 5.41) is 7.04. The fourth-order valence-electron chi connectivity index (χ4n) is 4.45. The molecule has 29 heavy (non-hydrogen) atoms. The number of nitrogens with one attached hydrogen (secondary N) is 2. The summed E-state index contributed by atoms with van der Waals surface area (Å²) in [6.07, 6.45) is 10.3.